The van der Waals surface area contributed by atoms with Crippen LogP contribution >= 0.6 is 0 Å². The monoisotopic (exact) mass is 501 g/mol. The summed E-state index contributed by atoms with van der Waals surface area (Å²) in [5, 5.41) is 5.44. The lowest BCUT2D eigenvalue weighted by molar-refractivity contribution is 0.287. The molecule has 6 aromatic rings. The lowest BCUT2D eigenvalue weighted by Crippen LogP contribution is -2.30. The van der Waals surface area contributed by atoms with E-state index in [4.69, 9.17) is 15.5 Å². The molecule has 8 heteroatoms. The van der Waals surface area contributed by atoms with Crippen molar-refractivity contribution >= 4 is 27.8 Å². The third kappa shape index (κ3) is 5.16. The summed E-state index contributed by atoms with van der Waals surface area (Å²) in [7, 11) is 0. The molecule has 4 N–H and O–H groups in total. The van der Waals surface area contributed by atoms with Crippen LogP contribution in [-0.4, -0.2) is 37.6 Å². The molecule has 0 saturated carbocycles. The lowest BCUT2D eigenvalue weighted by Gasteiger charge is -2.13. The highest BCUT2D eigenvalue weighted by atomic mass is 16.5. The van der Waals surface area contributed by atoms with Crippen molar-refractivity contribution in [3.05, 3.63) is 109 Å². The van der Waals surface area contributed by atoms with E-state index in [0.717, 1.165) is 28.0 Å². The Balaban J connectivity index is 1.14. The Hall–Kier alpha value is -4.82. The first kappa shape index (κ1) is 23.6. The summed E-state index contributed by atoms with van der Waals surface area (Å²) in [4.78, 5) is 21.2. The van der Waals surface area contributed by atoms with Crippen LogP contribution in [0.1, 0.15) is 11.1 Å². The van der Waals surface area contributed by atoms with E-state index in [1.165, 1.54) is 22.8 Å². The van der Waals surface area contributed by atoms with Crippen molar-refractivity contribution in [3.63, 3.8) is 0 Å². The molecule has 0 aliphatic rings. The quantitative estimate of drug-likeness (QED) is 0.252. The van der Waals surface area contributed by atoms with E-state index in [1.54, 1.807) is 12.4 Å². The summed E-state index contributed by atoms with van der Waals surface area (Å²) in [6, 6.07) is 24.1. The first-order chi connectivity index (χ1) is 18.7. The number of nitrogens with two attached hydrogens (primary N) is 1. The predicted octanol–water partition coefficient (Wildman–Crippen LogP) is 5.13. The molecule has 188 valence electrons. The second kappa shape index (κ2) is 10.7. The molecule has 4 aromatic heterocycles. The van der Waals surface area contributed by atoms with Gasteiger partial charge in [0, 0.05) is 41.4 Å². The van der Waals surface area contributed by atoms with Crippen LogP contribution in [0.2, 0.25) is 0 Å². The van der Waals surface area contributed by atoms with Gasteiger partial charge >= 0.3 is 0 Å². The minimum absolute atomic E-state index is 0.157. The van der Waals surface area contributed by atoms with Gasteiger partial charge in [-0.2, -0.15) is 0 Å². The molecular weight excluding hydrogens is 474 g/mol. The van der Waals surface area contributed by atoms with Crippen molar-refractivity contribution < 1.29 is 4.74 Å². The standard InChI is InChI=1S/C30H27N7O/c31-23(12-21-16-33-28-9-5-4-8-25(21)28)18-38-24-13-22(15-32-17-24)27-11-10-26-29(35-19-36-30(26)37-27)34-14-20-6-2-1-3-7-20/h1-11,13,15-17,19,23,33H,12,14,18,31H2,(H,34,35,36,37)/t23-/m1/s1. The van der Waals surface area contributed by atoms with Crippen molar-refractivity contribution in [1.82, 2.24) is 24.9 Å². The van der Waals surface area contributed by atoms with Crippen LogP contribution in [0.15, 0.2) is 97.7 Å². The van der Waals surface area contributed by atoms with E-state index >= 15 is 0 Å². The van der Waals surface area contributed by atoms with Gasteiger partial charge in [-0.1, -0.05) is 48.5 Å². The van der Waals surface area contributed by atoms with Crippen molar-refractivity contribution in [3.8, 4) is 17.0 Å². The fourth-order valence-corrected chi connectivity index (χ4v) is 4.51. The number of anilines is 1. The minimum atomic E-state index is -0.157. The topological polar surface area (TPSA) is 115 Å². The van der Waals surface area contributed by atoms with Crippen molar-refractivity contribution in [2.75, 3.05) is 11.9 Å². The van der Waals surface area contributed by atoms with Crippen LogP contribution in [0.25, 0.3) is 33.2 Å². The van der Waals surface area contributed by atoms with Crippen LogP contribution in [-0.2, 0) is 13.0 Å². The lowest BCUT2D eigenvalue weighted by atomic mass is 10.1. The van der Waals surface area contributed by atoms with Crippen LogP contribution < -0.4 is 15.8 Å². The number of para-hydroxylation sites is 1. The Morgan fingerprint density at radius 3 is 2.71 bits per heavy atom. The van der Waals surface area contributed by atoms with E-state index in [9.17, 15) is 0 Å². The zero-order valence-electron chi connectivity index (χ0n) is 20.7. The molecule has 0 amide bonds. The summed E-state index contributed by atoms with van der Waals surface area (Å²) < 4.78 is 6.01. The number of pyridine rings is 2. The van der Waals surface area contributed by atoms with Crippen LogP contribution in [0.3, 0.4) is 0 Å². The molecule has 4 heterocycles. The minimum Gasteiger partial charge on any atom is -0.490 e. The molecule has 1 atom stereocenters. The number of nitrogens with zero attached hydrogens (tertiary/aromatic N) is 4. The molecule has 2 aromatic carbocycles. The van der Waals surface area contributed by atoms with Gasteiger partial charge in [-0.15, -0.1) is 0 Å². The molecule has 6 rings (SSSR count). The molecule has 0 aliphatic carbocycles. The van der Waals surface area contributed by atoms with Gasteiger partial charge in [-0.25, -0.2) is 15.0 Å². The fourth-order valence-electron chi connectivity index (χ4n) is 4.51. The number of benzene rings is 2. The molecule has 0 spiro atoms. The maximum absolute atomic E-state index is 6.40. The van der Waals surface area contributed by atoms with E-state index in [0.29, 0.717) is 31.0 Å². The van der Waals surface area contributed by atoms with Gasteiger partial charge in [0.2, 0.25) is 0 Å². The molecule has 8 nitrogen and oxygen atoms in total. The smallest absolute Gasteiger partial charge is 0.165 e. The summed E-state index contributed by atoms with van der Waals surface area (Å²) >= 11 is 0. The van der Waals surface area contributed by atoms with Crippen LogP contribution in [0.5, 0.6) is 5.75 Å². The highest BCUT2D eigenvalue weighted by Crippen LogP contribution is 2.26. The number of hydrogen-bond acceptors (Lipinski definition) is 7. The van der Waals surface area contributed by atoms with Gasteiger partial charge in [0.25, 0.3) is 0 Å². The summed E-state index contributed by atoms with van der Waals surface area (Å²) in [6.07, 6.45) is 7.71. The zero-order chi connectivity index (χ0) is 25.7. The highest BCUT2D eigenvalue weighted by Gasteiger charge is 2.12. The first-order valence-corrected chi connectivity index (χ1v) is 12.5. The van der Waals surface area contributed by atoms with Gasteiger partial charge in [-0.3, -0.25) is 4.98 Å². The second-order valence-corrected chi connectivity index (χ2v) is 9.17. The molecule has 0 saturated heterocycles. The molecule has 0 radical (unpaired) electrons. The van der Waals surface area contributed by atoms with Gasteiger partial charge in [0.1, 0.15) is 24.5 Å². The Kier molecular flexibility index (Phi) is 6.61. The molecular formula is C30H27N7O. The summed E-state index contributed by atoms with van der Waals surface area (Å²) in [6.45, 7) is 1.04. The summed E-state index contributed by atoms with van der Waals surface area (Å²) in [5.74, 6) is 1.39. The largest absolute Gasteiger partial charge is 0.490 e. The Bertz CT molecular complexity index is 1680. The maximum Gasteiger partial charge on any atom is 0.165 e. The number of nitrogens with one attached hydrogen (secondary N) is 2. The average Bonchev–Trinajstić information content (AvgIpc) is 3.38. The van der Waals surface area contributed by atoms with Crippen molar-refractivity contribution in [1.29, 1.82) is 0 Å². The van der Waals surface area contributed by atoms with Crippen molar-refractivity contribution in [2.45, 2.75) is 19.0 Å². The number of H-pyrrole nitrogens is 1. The van der Waals surface area contributed by atoms with E-state index in [1.807, 2.05) is 54.7 Å². The first-order valence-electron chi connectivity index (χ1n) is 12.5. The molecule has 0 bridgehead atoms. The van der Waals surface area contributed by atoms with E-state index < -0.39 is 0 Å². The van der Waals surface area contributed by atoms with Crippen LogP contribution in [0.4, 0.5) is 5.82 Å². The summed E-state index contributed by atoms with van der Waals surface area (Å²) in [5.41, 5.74) is 12.1. The van der Waals surface area contributed by atoms with E-state index in [2.05, 4.69) is 49.5 Å². The predicted molar refractivity (Wildman–Crippen MR) is 150 cm³/mol. The number of fused-ring (bicyclic) bond motifs is 2. The third-order valence-corrected chi connectivity index (χ3v) is 6.43. The Morgan fingerprint density at radius 1 is 0.921 bits per heavy atom. The van der Waals surface area contributed by atoms with Gasteiger partial charge in [-0.05, 0) is 41.8 Å². The van der Waals surface area contributed by atoms with Crippen molar-refractivity contribution in [2.24, 2.45) is 5.73 Å². The molecule has 0 fully saturated rings. The maximum atomic E-state index is 6.40. The number of rotatable bonds is 9. The fraction of sp³-hybridized carbons (Fsp3) is 0.133. The van der Waals surface area contributed by atoms with E-state index in [-0.39, 0.29) is 6.04 Å². The second-order valence-electron chi connectivity index (χ2n) is 9.17. The van der Waals surface area contributed by atoms with Gasteiger partial charge in [0.05, 0.1) is 17.3 Å². The third-order valence-electron chi connectivity index (χ3n) is 6.43. The number of ether oxygens (including phenoxy) is 1. The normalized spacial score (nSPS) is 12.0. The molecule has 0 aliphatic heterocycles. The number of hydrogen-bond donors (Lipinski definition) is 3. The highest BCUT2D eigenvalue weighted by molar-refractivity contribution is 5.88. The average molecular weight is 502 g/mol. The molecule has 38 heavy (non-hydrogen) atoms. The van der Waals surface area contributed by atoms with Crippen LogP contribution in [0, 0.1) is 0 Å². The zero-order valence-corrected chi connectivity index (χ0v) is 20.7. The number of aromatic nitrogens is 5. The van der Waals surface area contributed by atoms with Gasteiger partial charge in [0.15, 0.2) is 5.65 Å². The SMILES string of the molecule is N[C@@H](COc1cncc(-c2ccc3c(NCc4ccccc4)ncnc3n2)c1)Cc1c[nH]c2ccccc12. The number of aromatic amines is 1. The molecule has 0 unspecified atom stereocenters. The Labute approximate surface area is 220 Å². The van der Waals surface area contributed by atoms with Gasteiger partial charge < -0.3 is 20.8 Å². The Morgan fingerprint density at radius 2 is 1.79 bits per heavy atom.